The van der Waals surface area contributed by atoms with Gasteiger partial charge in [0.15, 0.2) is 0 Å². The van der Waals surface area contributed by atoms with Gasteiger partial charge in [0.1, 0.15) is 23.8 Å². The van der Waals surface area contributed by atoms with Crippen LogP contribution in [0.1, 0.15) is 29.5 Å². The molecule has 0 saturated carbocycles. The van der Waals surface area contributed by atoms with Gasteiger partial charge in [0.2, 0.25) is 0 Å². The molecule has 4 rings (SSSR count). The predicted octanol–water partition coefficient (Wildman–Crippen LogP) is 3.22. The zero-order chi connectivity index (χ0) is 24.3. The van der Waals surface area contributed by atoms with Crippen molar-refractivity contribution in [3.63, 3.8) is 0 Å². The largest absolute Gasteiger partial charge is 0.490 e. The molecule has 0 amide bonds. The van der Waals surface area contributed by atoms with Gasteiger partial charge in [-0.15, -0.1) is 0 Å². The van der Waals surface area contributed by atoms with E-state index >= 15 is 0 Å². The first-order valence-electron chi connectivity index (χ1n) is 12.1. The SMILES string of the molecule is Cc1cc(C)c(C)c(OC[C@]2(O)COCCN(CC3(O)CCN(c4cccc(F)c4)CC3)C2)c1. The quantitative estimate of drug-likeness (QED) is 0.673. The lowest BCUT2D eigenvalue weighted by atomic mass is 9.90. The van der Waals surface area contributed by atoms with Crippen LogP contribution in [0.3, 0.4) is 0 Å². The molecule has 7 heteroatoms. The smallest absolute Gasteiger partial charge is 0.134 e. The Morgan fingerprint density at radius 2 is 1.79 bits per heavy atom. The lowest BCUT2D eigenvalue weighted by Gasteiger charge is -2.42. The number of benzene rings is 2. The molecule has 2 aromatic rings. The van der Waals surface area contributed by atoms with Gasteiger partial charge in [0, 0.05) is 38.4 Å². The Hall–Kier alpha value is -2.19. The fourth-order valence-corrected chi connectivity index (χ4v) is 5.01. The first-order chi connectivity index (χ1) is 16.1. The van der Waals surface area contributed by atoms with Gasteiger partial charge in [-0.3, -0.25) is 4.90 Å². The van der Waals surface area contributed by atoms with E-state index < -0.39 is 11.2 Å². The van der Waals surface area contributed by atoms with Crippen molar-refractivity contribution in [3.05, 3.63) is 58.9 Å². The van der Waals surface area contributed by atoms with Crippen LogP contribution in [0.4, 0.5) is 10.1 Å². The molecule has 2 fully saturated rings. The van der Waals surface area contributed by atoms with Crippen molar-refractivity contribution in [1.82, 2.24) is 4.90 Å². The number of halogens is 1. The average molecular weight is 473 g/mol. The van der Waals surface area contributed by atoms with Crippen molar-refractivity contribution >= 4 is 5.69 Å². The third-order valence-electron chi connectivity index (χ3n) is 7.09. The van der Waals surface area contributed by atoms with Gasteiger partial charge < -0.3 is 24.6 Å². The molecule has 2 N–H and O–H groups in total. The van der Waals surface area contributed by atoms with Crippen molar-refractivity contribution in [2.24, 2.45) is 0 Å². The van der Waals surface area contributed by atoms with Crippen LogP contribution in [-0.2, 0) is 4.74 Å². The van der Waals surface area contributed by atoms with E-state index in [0.717, 1.165) is 28.1 Å². The second kappa shape index (κ2) is 10.2. The van der Waals surface area contributed by atoms with E-state index in [2.05, 4.69) is 22.8 Å². The molecular formula is C27H37FN2O4. The zero-order valence-corrected chi connectivity index (χ0v) is 20.5. The molecule has 6 nitrogen and oxygen atoms in total. The normalized spacial score (nSPS) is 23.5. The third kappa shape index (κ3) is 6.08. The average Bonchev–Trinajstić information content (AvgIpc) is 2.96. The van der Waals surface area contributed by atoms with E-state index in [1.807, 2.05) is 26.0 Å². The van der Waals surface area contributed by atoms with Crippen LogP contribution in [0.2, 0.25) is 0 Å². The summed E-state index contributed by atoms with van der Waals surface area (Å²) in [6.45, 7) is 9.70. The second-order valence-corrected chi connectivity index (χ2v) is 10.2. The van der Waals surface area contributed by atoms with Crippen LogP contribution in [0.5, 0.6) is 5.75 Å². The maximum atomic E-state index is 13.6. The van der Waals surface area contributed by atoms with E-state index in [1.54, 1.807) is 6.07 Å². The van der Waals surface area contributed by atoms with Crippen LogP contribution in [-0.4, -0.2) is 78.9 Å². The highest BCUT2D eigenvalue weighted by Crippen LogP contribution is 2.29. The molecule has 0 aromatic heterocycles. The van der Waals surface area contributed by atoms with Gasteiger partial charge in [-0.25, -0.2) is 4.39 Å². The molecule has 186 valence electrons. The monoisotopic (exact) mass is 472 g/mol. The Kier molecular flexibility index (Phi) is 7.48. The zero-order valence-electron chi connectivity index (χ0n) is 20.5. The fourth-order valence-electron chi connectivity index (χ4n) is 5.01. The number of β-amino-alcohol motifs (C(OH)–C–C–N with tert-alkyl or cyclic N) is 2. The van der Waals surface area contributed by atoms with E-state index in [-0.39, 0.29) is 19.0 Å². The molecular weight excluding hydrogens is 435 g/mol. The van der Waals surface area contributed by atoms with E-state index in [1.165, 1.54) is 12.1 Å². The van der Waals surface area contributed by atoms with E-state index in [9.17, 15) is 14.6 Å². The molecule has 2 saturated heterocycles. The number of piperidine rings is 1. The van der Waals surface area contributed by atoms with Gasteiger partial charge in [-0.1, -0.05) is 12.1 Å². The minimum atomic E-state index is -1.17. The lowest BCUT2D eigenvalue weighted by Crippen LogP contribution is -2.55. The number of nitrogens with zero attached hydrogens (tertiary/aromatic N) is 2. The highest BCUT2D eigenvalue weighted by Gasteiger charge is 2.39. The maximum absolute atomic E-state index is 13.6. The molecule has 0 radical (unpaired) electrons. The molecule has 34 heavy (non-hydrogen) atoms. The van der Waals surface area contributed by atoms with Crippen LogP contribution in [0, 0.1) is 26.6 Å². The van der Waals surface area contributed by atoms with Crippen molar-refractivity contribution < 1.29 is 24.1 Å². The Morgan fingerprint density at radius 1 is 1.03 bits per heavy atom. The van der Waals surface area contributed by atoms with Crippen molar-refractivity contribution in [2.45, 2.75) is 44.8 Å². The van der Waals surface area contributed by atoms with Crippen molar-refractivity contribution in [1.29, 1.82) is 0 Å². The van der Waals surface area contributed by atoms with E-state index in [0.29, 0.717) is 52.2 Å². The lowest BCUT2D eigenvalue weighted by molar-refractivity contribution is -0.0743. The molecule has 2 aliphatic heterocycles. The Labute approximate surface area is 201 Å². The maximum Gasteiger partial charge on any atom is 0.134 e. The summed E-state index contributed by atoms with van der Waals surface area (Å²) in [7, 11) is 0. The van der Waals surface area contributed by atoms with Crippen molar-refractivity contribution in [2.75, 3.05) is 57.4 Å². The van der Waals surface area contributed by atoms with Gasteiger partial charge in [-0.05, 0) is 74.6 Å². The number of ether oxygens (including phenoxy) is 2. The van der Waals surface area contributed by atoms with E-state index in [4.69, 9.17) is 9.47 Å². The number of aliphatic hydroxyl groups is 2. The van der Waals surface area contributed by atoms with Gasteiger partial charge in [-0.2, -0.15) is 0 Å². The first kappa shape index (κ1) is 24.9. The van der Waals surface area contributed by atoms with Crippen LogP contribution in [0.15, 0.2) is 36.4 Å². The molecule has 2 aromatic carbocycles. The summed E-state index contributed by atoms with van der Waals surface area (Å²) in [5, 5.41) is 22.6. The summed E-state index contributed by atoms with van der Waals surface area (Å²) in [5.74, 6) is 0.533. The van der Waals surface area contributed by atoms with Gasteiger partial charge in [0.25, 0.3) is 0 Å². The van der Waals surface area contributed by atoms with Gasteiger partial charge in [0.05, 0.1) is 18.8 Å². The molecule has 0 bridgehead atoms. The highest BCUT2D eigenvalue weighted by molar-refractivity contribution is 5.47. The second-order valence-electron chi connectivity index (χ2n) is 10.2. The predicted molar refractivity (Wildman–Crippen MR) is 131 cm³/mol. The Bertz CT molecular complexity index is 993. The summed E-state index contributed by atoms with van der Waals surface area (Å²) < 4.78 is 25.4. The molecule has 2 aliphatic rings. The highest BCUT2D eigenvalue weighted by atomic mass is 19.1. The number of aryl methyl sites for hydroxylation is 2. The molecule has 0 unspecified atom stereocenters. The fraction of sp³-hybridized carbons (Fsp3) is 0.556. The third-order valence-corrected chi connectivity index (χ3v) is 7.09. The summed E-state index contributed by atoms with van der Waals surface area (Å²) in [6.07, 6.45) is 1.16. The summed E-state index contributed by atoms with van der Waals surface area (Å²) >= 11 is 0. The summed E-state index contributed by atoms with van der Waals surface area (Å²) in [6, 6.07) is 10.7. The van der Waals surface area contributed by atoms with Crippen LogP contribution < -0.4 is 9.64 Å². The number of rotatable bonds is 6. The Morgan fingerprint density at radius 3 is 2.53 bits per heavy atom. The molecule has 1 atom stereocenters. The standard InChI is InChI=1S/C27H37FN2O4/c1-20-13-21(2)22(3)25(14-20)34-19-27(32)17-29(11-12-33-18-27)16-26(31)7-9-30(10-8-26)24-6-4-5-23(28)15-24/h4-6,13-15,31-32H,7-12,16-19H2,1-3H3/t27-/m1/s1. The number of anilines is 1. The molecule has 2 heterocycles. The van der Waals surface area contributed by atoms with Gasteiger partial charge >= 0.3 is 0 Å². The Balaban J connectivity index is 1.36. The van der Waals surface area contributed by atoms with Crippen LogP contribution in [0.25, 0.3) is 0 Å². The number of hydrogen-bond donors (Lipinski definition) is 2. The van der Waals surface area contributed by atoms with Crippen LogP contribution >= 0.6 is 0 Å². The number of hydrogen-bond acceptors (Lipinski definition) is 6. The first-order valence-corrected chi connectivity index (χ1v) is 12.1. The topological polar surface area (TPSA) is 65.4 Å². The summed E-state index contributed by atoms with van der Waals surface area (Å²) in [4.78, 5) is 4.20. The minimum Gasteiger partial charge on any atom is -0.490 e. The minimum absolute atomic E-state index is 0.124. The molecule has 0 spiro atoms. The van der Waals surface area contributed by atoms with Crippen molar-refractivity contribution in [3.8, 4) is 5.75 Å². The molecule has 0 aliphatic carbocycles. The summed E-state index contributed by atoms with van der Waals surface area (Å²) in [5.41, 5.74) is 2.17.